The number of hydrogen-bond acceptors (Lipinski definition) is 5. The Labute approximate surface area is 217 Å². The van der Waals surface area contributed by atoms with Crippen LogP contribution in [0.5, 0.6) is 0 Å². The van der Waals surface area contributed by atoms with E-state index in [-0.39, 0.29) is 18.2 Å². The Morgan fingerprint density at radius 2 is 1.68 bits per heavy atom. The summed E-state index contributed by atoms with van der Waals surface area (Å²) in [4.78, 5) is 42.2. The first-order valence-corrected chi connectivity index (χ1v) is 13.0. The number of nitrogens with two attached hydrogens (primary N) is 1. The Bertz CT molecular complexity index is 1310. The van der Waals surface area contributed by atoms with Crippen LogP contribution in [0.15, 0.2) is 48.6 Å². The number of carbonyl (C=O) groups is 3. The van der Waals surface area contributed by atoms with Crippen LogP contribution < -0.4 is 16.4 Å². The van der Waals surface area contributed by atoms with E-state index >= 15 is 0 Å². The highest BCUT2D eigenvalue weighted by Gasteiger charge is 2.28. The molecule has 1 aliphatic rings. The van der Waals surface area contributed by atoms with Crippen molar-refractivity contribution in [2.45, 2.75) is 57.5 Å². The molecule has 2 heterocycles. The largest absolute Gasteiger partial charge is 0.467 e. The standard InChI is InChI=1S/C29H36N4O4/c1-18-15-20-11-13-24-22(17-20)21-16-19(10-12-23(21)31-24)7-3-4-9-26(29(36)37-2)33-28(35)25(32-27(18)34)8-5-6-14-30/h3-4,10-13,16-18,25-26,31H,5-9,14-15,30H2,1-2H3,(H,32,34)(H,33,35)/b4-3+/t18?,25-,26+/m1/s1. The van der Waals surface area contributed by atoms with Gasteiger partial charge in [-0.1, -0.05) is 31.2 Å². The molecule has 8 heteroatoms. The van der Waals surface area contributed by atoms with Gasteiger partial charge in [0.15, 0.2) is 0 Å². The summed E-state index contributed by atoms with van der Waals surface area (Å²) in [5.41, 5.74) is 9.95. The maximum atomic E-state index is 13.2. The average molecular weight is 505 g/mol. The van der Waals surface area contributed by atoms with E-state index in [1.54, 1.807) is 0 Å². The van der Waals surface area contributed by atoms with Crippen molar-refractivity contribution in [1.29, 1.82) is 0 Å². The molecule has 0 fully saturated rings. The molecule has 1 unspecified atom stereocenters. The van der Waals surface area contributed by atoms with Crippen LogP contribution in [0, 0.1) is 5.92 Å². The highest BCUT2D eigenvalue weighted by Crippen LogP contribution is 2.28. The van der Waals surface area contributed by atoms with Crippen LogP contribution in [0.4, 0.5) is 0 Å². The zero-order chi connectivity index (χ0) is 26.4. The lowest BCUT2D eigenvalue weighted by Gasteiger charge is -2.23. The number of aromatic amines is 1. The van der Waals surface area contributed by atoms with Crippen LogP contribution in [-0.2, 0) is 32.0 Å². The van der Waals surface area contributed by atoms with Gasteiger partial charge in [0.05, 0.1) is 7.11 Å². The maximum Gasteiger partial charge on any atom is 0.328 e. The number of unbranched alkanes of at least 4 members (excludes halogenated alkanes) is 1. The molecule has 1 aromatic heterocycles. The van der Waals surface area contributed by atoms with E-state index < -0.39 is 24.0 Å². The minimum absolute atomic E-state index is 0.204. The van der Waals surface area contributed by atoms with E-state index in [0.29, 0.717) is 32.2 Å². The number of carbonyl (C=O) groups excluding carboxylic acids is 3. The summed E-state index contributed by atoms with van der Waals surface area (Å²) in [6.45, 7) is 2.37. The molecule has 0 aliphatic carbocycles. The first-order valence-electron chi connectivity index (χ1n) is 13.0. The lowest BCUT2D eigenvalue weighted by Crippen LogP contribution is -2.52. The smallest absolute Gasteiger partial charge is 0.328 e. The number of nitrogens with one attached hydrogen (secondary N) is 3. The van der Waals surface area contributed by atoms with Crippen molar-refractivity contribution >= 4 is 39.6 Å². The van der Waals surface area contributed by atoms with Gasteiger partial charge in [-0.15, -0.1) is 0 Å². The van der Waals surface area contributed by atoms with Crippen LogP contribution >= 0.6 is 0 Å². The Morgan fingerprint density at radius 1 is 0.973 bits per heavy atom. The molecule has 0 saturated carbocycles. The van der Waals surface area contributed by atoms with Crippen molar-refractivity contribution < 1.29 is 19.1 Å². The number of esters is 1. The normalized spacial score (nSPS) is 22.1. The first kappa shape index (κ1) is 26.4. The van der Waals surface area contributed by atoms with Crippen molar-refractivity contribution in [1.82, 2.24) is 15.6 Å². The molecule has 8 nitrogen and oxygen atoms in total. The van der Waals surface area contributed by atoms with Crippen molar-refractivity contribution in [3.63, 3.8) is 0 Å². The predicted octanol–water partition coefficient (Wildman–Crippen LogP) is 3.27. The summed E-state index contributed by atoms with van der Waals surface area (Å²) >= 11 is 0. The van der Waals surface area contributed by atoms with Crippen LogP contribution in [0.2, 0.25) is 0 Å². The fraction of sp³-hybridized carbons (Fsp3) is 0.414. The summed E-state index contributed by atoms with van der Waals surface area (Å²) in [7, 11) is 1.30. The first-order chi connectivity index (χ1) is 17.9. The van der Waals surface area contributed by atoms with Crippen LogP contribution in [-0.4, -0.2) is 48.5 Å². The van der Waals surface area contributed by atoms with Gasteiger partial charge < -0.3 is 26.1 Å². The fourth-order valence-corrected chi connectivity index (χ4v) is 4.85. The summed E-state index contributed by atoms with van der Waals surface area (Å²) in [6.07, 6.45) is 7.26. The Balaban J connectivity index is 1.68. The third-order valence-corrected chi connectivity index (χ3v) is 6.99. The van der Waals surface area contributed by atoms with Crippen molar-refractivity contribution in [2.24, 2.45) is 11.7 Å². The number of ether oxygens (including phenoxy) is 1. The van der Waals surface area contributed by atoms with E-state index in [4.69, 9.17) is 10.5 Å². The number of benzene rings is 2. The molecule has 0 spiro atoms. The van der Waals surface area contributed by atoms with Gasteiger partial charge in [-0.05, 0) is 80.5 Å². The van der Waals surface area contributed by atoms with Gasteiger partial charge in [0.1, 0.15) is 12.1 Å². The Morgan fingerprint density at radius 3 is 2.38 bits per heavy atom. The molecule has 5 N–H and O–H groups in total. The van der Waals surface area contributed by atoms with E-state index in [2.05, 4.69) is 45.9 Å². The second kappa shape index (κ2) is 12.1. The van der Waals surface area contributed by atoms with Crippen molar-refractivity contribution in [3.8, 4) is 0 Å². The second-order valence-corrected chi connectivity index (χ2v) is 9.83. The zero-order valence-corrected chi connectivity index (χ0v) is 21.5. The number of aromatic nitrogens is 1. The minimum Gasteiger partial charge on any atom is -0.467 e. The number of H-pyrrole nitrogens is 1. The number of fused-ring (bicyclic) bond motifs is 2. The molecule has 0 radical (unpaired) electrons. The molecule has 0 saturated heterocycles. The lowest BCUT2D eigenvalue weighted by atomic mass is 9.97. The summed E-state index contributed by atoms with van der Waals surface area (Å²) in [5, 5.41) is 7.97. The number of methoxy groups -OCH3 is 1. The van der Waals surface area contributed by atoms with Gasteiger partial charge in [0, 0.05) is 27.7 Å². The molecule has 3 aromatic rings. The number of amides is 2. The SMILES string of the molecule is COC(=O)[C@@H]1C/C=C/Cc2ccc3[nH]c4ccc(cc4c3c2)CC(C)C(=O)N[C@H](CCCCN)C(=O)N1. The lowest BCUT2D eigenvalue weighted by molar-refractivity contribution is -0.145. The second-order valence-electron chi connectivity index (χ2n) is 9.83. The molecule has 196 valence electrons. The third-order valence-electron chi connectivity index (χ3n) is 6.99. The van der Waals surface area contributed by atoms with Gasteiger partial charge in [0.2, 0.25) is 11.8 Å². The van der Waals surface area contributed by atoms with Crippen LogP contribution in [0.3, 0.4) is 0 Å². The number of allylic oxidation sites excluding steroid dienone is 1. The maximum absolute atomic E-state index is 13.2. The molecular formula is C29H36N4O4. The highest BCUT2D eigenvalue weighted by atomic mass is 16.5. The third kappa shape index (κ3) is 6.38. The Hall–Kier alpha value is -3.65. The number of rotatable bonds is 5. The highest BCUT2D eigenvalue weighted by molar-refractivity contribution is 6.07. The van der Waals surface area contributed by atoms with Gasteiger partial charge in [0.25, 0.3) is 0 Å². The number of hydrogen-bond donors (Lipinski definition) is 4. The fourth-order valence-electron chi connectivity index (χ4n) is 4.85. The molecule has 3 atom stereocenters. The average Bonchev–Trinajstić information content (AvgIpc) is 3.26. The van der Waals surface area contributed by atoms with Crippen molar-refractivity contribution in [3.05, 3.63) is 59.7 Å². The monoisotopic (exact) mass is 504 g/mol. The summed E-state index contributed by atoms with van der Waals surface area (Å²) in [5.74, 6) is -1.47. The molecular weight excluding hydrogens is 468 g/mol. The molecule has 4 rings (SSSR count). The van der Waals surface area contributed by atoms with Crippen molar-refractivity contribution in [2.75, 3.05) is 13.7 Å². The van der Waals surface area contributed by atoms with E-state index in [0.717, 1.165) is 39.4 Å². The molecule has 4 bridgehead atoms. The predicted molar refractivity (Wildman–Crippen MR) is 145 cm³/mol. The summed E-state index contributed by atoms with van der Waals surface area (Å²) in [6, 6.07) is 11.0. The molecule has 2 aromatic carbocycles. The minimum atomic E-state index is -0.842. The molecule has 1 aliphatic heterocycles. The molecule has 2 amide bonds. The van der Waals surface area contributed by atoms with E-state index in [1.807, 2.05) is 25.1 Å². The Kier molecular flexibility index (Phi) is 8.61. The molecule has 37 heavy (non-hydrogen) atoms. The van der Waals surface area contributed by atoms with Gasteiger partial charge in [-0.25, -0.2) is 4.79 Å². The van der Waals surface area contributed by atoms with E-state index in [9.17, 15) is 14.4 Å². The van der Waals surface area contributed by atoms with Gasteiger partial charge >= 0.3 is 5.97 Å². The van der Waals surface area contributed by atoms with Gasteiger partial charge in [-0.3, -0.25) is 9.59 Å². The van der Waals surface area contributed by atoms with Crippen LogP contribution in [0.25, 0.3) is 21.8 Å². The quantitative estimate of drug-likeness (QED) is 0.241. The zero-order valence-electron chi connectivity index (χ0n) is 21.5. The van der Waals surface area contributed by atoms with E-state index in [1.165, 1.54) is 7.11 Å². The topological polar surface area (TPSA) is 126 Å². The van der Waals surface area contributed by atoms with Crippen LogP contribution in [0.1, 0.15) is 43.7 Å². The summed E-state index contributed by atoms with van der Waals surface area (Å²) < 4.78 is 4.93. The van der Waals surface area contributed by atoms with Gasteiger partial charge in [-0.2, -0.15) is 0 Å².